The summed E-state index contributed by atoms with van der Waals surface area (Å²) >= 11 is 0. The highest BCUT2D eigenvalue weighted by Crippen LogP contribution is 2.44. The van der Waals surface area contributed by atoms with E-state index in [1.54, 1.807) is 0 Å². The molecule has 4 aliphatic rings. The van der Waals surface area contributed by atoms with E-state index in [1.165, 1.54) is 0 Å². The Kier molecular flexibility index (Phi) is 8.92. The molecular weight excluding hydrogens is 456 g/mol. The van der Waals surface area contributed by atoms with Crippen LogP contribution in [0.5, 0.6) is 0 Å². The van der Waals surface area contributed by atoms with Crippen LogP contribution in [0, 0.1) is 10.8 Å². The van der Waals surface area contributed by atoms with Gasteiger partial charge in [0.25, 0.3) is 0 Å². The van der Waals surface area contributed by atoms with Crippen LogP contribution in [0.4, 0.5) is 9.59 Å². The molecule has 8 nitrogen and oxygen atoms in total. The summed E-state index contributed by atoms with van der Waals surface area (Å²) in [4.78, 5) is 27.8. The molecule has 0 aromatic heterocycles. The highest BCUT2D eigenvalue weighted by Gasteiger charge is 2.44. The van der Waals surface area contributed by atoms with Crippen LogP contribution < -0.4 is 11.5 Å². The molecule has 0 atom stereocenters. The molecule has 4 fully saturated rings. The smallest absolute Gasteiger partial charge is 0.410 e. The third-order valence-electron chi connectivity index (χ3n) is 8.36. The molecule has 0 unspecified atom stereocenters. The molecule has 2 aliphatic heterocycles. The molecule has 4 rings (SSSR count). The average Bonchev–Trinajstić information content (AvgIpc) is 3.37. The van der Waals surface area contributed by atoms with E-state index >= 15 is 0 Å². The van der Waals surface area contributed by atoms with Crippen molar-refractivity contribution in [3.63, 3.8) is 0 Å². The average molecular weight is 509 g/mol. The summed E-state index contributed by atoms with van der Waals surface area (Å²) in [6.07, 6.45) is 10.9. The molecule has 2 spiro atoms. The molecule has 4 N–H and O–H groups in total. The number of amides is 2. The molecule has 36 heavy (non-hydrogen) atoms. The fourth-order valence-electron chi connectivity index (χ4n) is 6.16. The van der Waals surface area contributed by atoms with Gasteiger partial charge in [-0.2, -0.15) is 0 Å². The lowest BCUT2D eigenvalue weighted by atomic mass is 9.72. The lowest BCUT2D eigenvalue weighted by Crippen LogP contribution is -2.39. The van der Waals surface area contributed by atoms with E-state index in [0.29, 0.717) is 22.9 Å². The third-order valence-corrected chi connectivity index (χ3v) is 8.36. The van der Waals surface area contributed by atoms with Gasteiger partial charge in [-0.15, -0.1) is 0 Å². The van der Waals surface area contributed by atoms with Crippen LogP contribution in [-0.4, -0.2) is 71.5 Å². The largest absolute Gasteiger partial charge is 0.444 e. The Morgan fingerprint density at radius 1 is 0.639 bits per heavy atom. The monoisotopic (exact) mass is 508 g/mol. The number of nitrogens with two attached hydrogens (primary N) is 2. The van der Waals surface area contributed by atoms with Crippen molar-refractivity contribution in [2.75, 3.05) is 26.2 Å². The summed E-state index contributed by atoms with van der Waals surface area (Å²) in [5.74, 6) is 0. The van der Waals surface area contributed by atoms with Gasteiger partial charge in [0.15, 0.2) is 0 Å². The molecule has 8 heteroatoms. The van der Waals surface area contributed by atoms with Crippen LogP contribution in [-0.2, 0) is 9.47 Å². The van der Waals surface area contributed by atoms with Crippen molar-refractivity contribution >= 4 is 12.2 Å². The van der Waals surface area contributed by atoms with E-state index < -0.39 is 11.2 Å². The van der Waals surface area contributed by atoms with Crippen LogP contribution in [0.1, 0.15) is 106 Å². The standard InChI is InChI=1S/2C14H26N2O2/c2*1-13(2,3)18-12(17)16-9-8-14(10-16)6-4-11(15)5-7-14/h2*11H,4-10,15H2,1-3H3. The van der Waals surface area contributed by atoms with Crippen molar-refractivity contribution in [1.29, 1.82) is 0 Å². The molecule has 208 valence electrons. The molecule has 2 amide bonds. The minimum atomic E-state index is -0.401. The molecule has 2 heterocycles. The zero-order chi connectivity index (χ0) is 26.8. The van der Waals surface area contributed by atoms with Crippen molar-refractivity contribution in [3.8, 4) is 0 Å². The number of rotatable bonds is 0. The number of carbonyl (C=O) groups excluding carboxylic acids is 2. The van der Waals surface area contributed by atoms with E-state index in [1.807, 2.05) is 51.3 Å². The second-order valence-electron chi connectivity index (χ2n) is 14.0. The van der Waals surface area contributed by atoms with Crippen LogP contribution in [0.25, 0.3) is 0 Å². The van der Waals surface area contributed by atoms with Gasteiger partial charge in [-0.25, -0.2) is 9.59 Å². The highest BCUT2D eigenvalue weighted by atomic mass is 16.6. The van der Waals surface area contributed by atoms with Gasteiger partial charge in [0.1, 0.15) is 11.2 Å². The van der Waals surface area contributed by atoms with Gasteiger partial charge in [0.2, 0.25) is 0 Å². The first kappa shape index (κ1) is 29.0. The van der Waals surface area contributed by atoms with Gasteiger partial charge < -0.3 is 30.7 Å². The van der Waals surface area contributed by atoms with Crippen LogP contribution in [0.15, 0.2) is 0 Å². The van der Waals surface area contributed by atoms with Gasteiger partial charge >= 0.3 is 12.2 Å². The minimum Gasteiger partial charge on any atom is -0.444 e. The Balaban J connectivity index is 0.000000201. The zero-order valence-electron chi connectivity index (χ0n) is 23.7. The predicted octanol–water partition coefficient (Wildman–Crippen LogP) is 5.03. The lowest BCUT2D eigenvalue weighted by molar-refractivity contribution is 0.0251. The maximum Gasteiger partial charge on any atom is 0.410 e. The Hall–Kier alpha value is -1.54. The van der Waals surface area contributed by atoms with Crippen molar-refractivity contribution in [2.24, 2.45) is 22.3 Å². The number of ether oxygens (including phenoxy) is 2. The highest BCUT2D eigenvalue weighted by molar-refractivity contribution is 5.69. The summed E-state index contributed by atoms with van der Waals surface area (Å²) in [5, 5.41) is 0. The van der Waals surface area contributed by atoms with Crippen molar-refractivity contribution < 1.29 is 19.1 Å². The molecule has 0 radical (unpaired) electrons. The fourth-order valence-corrected chi connectivity index (χ4v) is 6.16. The Morgan fingerprint density at radius 3 is 1.22 bits per heavy atom. The number of hydrogen-bond acceptors (Lipinski definition) is 6. The van der Waals surface area contributed by atoms with E-state index in [0.717, 1.165) is 90.4 Å². The molecule has 0 aromatic carbocycles. The molecule has 2 aliphatic carbocycles. The molecule has 2 saturated heterocycles. The Morgan fingerprint density at radius 2 is 0.944 bits per heavy atom. The van der Waals surface area contributed by atoms with Crippen LogP contribution in [0.3, 0.4) is 0 Å². The quantitative estimate of drug-likeness (QED) is 0.475. The topological polar surface area (TPSA) is 111 Å². The normalized spacial score (nSPS) is 32.9. The van der Waals surface area contributed by atoms with Crippen molar-refractivity contribution in [2.45, 2.75) is 129 Å². The van der Waals surface area contributed by atoms with Crippen LogP contribution in [0.2, 0.25) is 0 Å². The Labute approximate surface area is 218 Å². The number of nitrogens with zero attached hydrogens (tertiary/aromatic N) is 2. The van der Waals surface area contributed by atoms with Gasteiger partial charge in [0, 0.05) is 38.3 Å². The van der Waals surface area contributed by atoms with E-state index in [2.05, 4.69) is 0 Å². The summed E-state index contributed by atoms with van der Waals surface area (Å²) in [6, 6.07) is 0.734. The maximum atomic E-state index is 12.0. The van der Waals surface area contributed by atoms with E-state index in [9.17, 15) is 9.59 Å². The summed E-state index contributed by atoms with van der Waals surface area (Å²) in [5.41, 5.74) is 11.8. The first-order valence-corrected chi connectivity index (χ1v) is 14.1. The summed E-state index contributed by atoms with van der Waals surface area (Å²) in [6.45, 7) is 14.9. The molecule has 0 bridgehead atoms. The maximum absolute atomic E-state index is 12.0. The predicted molar refractivity (Wildman–Crippen MR) is 143 cm³/mol. The lowest BCUT2D eigenvalue weighted by Gasteiger charge is -2.36. The zero-order valence-corrected chi connectivity index (χ0v) is 23.7. The Bertz CT molecular complexity index is 692. The van der Waals surface area contributed by atoms with Crippen molar-refractivity contribution in [3.05, 3.63) is 0 Å². The van der Waals surface area contributed by atoms with Gasteiger partial charge in [-0.3, -0.25) is 0 Å². The van der Waals surface area contributed by atoms with Crippen LogP contribution >= 0.6 is 0 Å². The summed E-state index contributed by atoms with van der Waals surface area (Å²) in [7, 11) is 0. The van der Waals surface area contributed by atoms with E-state index in [4.69, 9.17) is 20.9 Å². The molecule has 2 saturated carbocycles. The number of likely N-dealkylation sites (tertiary alicyclic amines) is 2. The SMILES string of the molecule is CC(C)(C)OC(=O)N1CCC2(CCC(N)CC2)C1.CC(C)(C)OC(=O)N1CCC2(CCC(N)CC2)C1. The third kappa shape index (κ3) is 8.23. The molecule has 0 aromatic rings. The fraction of sp³-hybridized carbons (Fsp3) is 0.929. The molecular formula is C28H52N4O4. The summed E-state index contributed by atoms with van der Waals surface area (Å²) < 4.78 is 10.9. The second-order valence-corrected chi connectivity index (χ2v) is 14.0. The number of hydrogen-bond donors (Lipinski definition) is 2. The number of carbonyl (C=O) groups is 2. The first-order chi connectivity index (χ1) is 16.6. The first-order valence-electron chi connectivity index (χ1n) is 14.1. The van der Waals surface area contributed by atoms with Crippen molar-refractivity contribution in [1.82, 2.24) is 9.80 Å². The minimum absolute atomic E-state index is 0.158. The second kappa shape index (κ2) is 11.1. The van der Waals surface area contributed by atoms with Gasteiger partial charge in [-0.1, -0.05) is 0 Å². The van der Waals surface area contributed by atoms with E-state index in [-0.39, 0.29) is 12.2 Å². The van der Waals surface area contributed by atoms with Gasteiger partial charge in [-0.05, 0) is 117 Å². The van der Waals surface area contributed by atoms with Gasteiger partial charge in [0.05, 0.1) is 0 Å².